The Morgan fingerprint density at radius 1 is 0.909 bits per heavy atom. The largest absolute Gasteiger partial charge is 0.325 e. The minimum Gasteiger partial charge on any atom is -0.325 e. The highest BCUT2D eigenvalue weighted by Crippen LogP contribution is 2.12. The summed E-state index contributed by atoms with van der Waals surface area (Å²) < 4.78 is 0. The lowest BCUT2D eigenvalue weighted by molar-refractivity contribution is -0.115. The number of nitrogens with one attached hydrogen (secondary N) is 2. The predicted octanol–water partition coefficient (Wildman–Crippen LogP) is 3.44. The van der Waals surface area contributed by atoms with Crippen molar-refractivity contribution < 1.29 is 4.79 Å². The molecule has 0 aliphatic heterocycles. The molecule has 4 heteroatoms. The predicted molar refractivity (Wildman–Crippen MR) is 94.7 cm³/mol. The van der Waals surface area contributed by atoms with Crippen LogP contribution < -0.4 is 10.6 Å². The fraction of sp³-hybridized carbons (Fsp3) is 0.278. The molecule has 0 radical (unpaired) electrons. The third-order valence-corrected chi connectivity index (χ3v) is 3.35. The molecule has 0 saturated heterocycles. The van der Waals surface area contributed by atoms with Crippen LogP contribution in [0.2, 0.25) is 0 Å². The van der Waals surface area contributed by atoms with Crippen LogP contribution >= 0.6 is 12.4 Å². The van der Waals surface area contributed by atoms with Gasteiger partial charge in [-0.15, -0.1) is 12.4 Å². The van der Waals surface area contributed by atoms with Crippen molar-refractivity contribution in [3.8, 4) is 0 Å². The summed E-state index contributed by atoms with van der Waals surface area (Å²) in [5, 5.41) is 5.68. The average molecular weight is 319 g/mol. The van der Waals surface area contributed by atoms with E-state index in [2.05, 4.69) is 47.0 Å². The Balaban J connectivity index is 0.00000242. The van der Waals surface area contributed by atoms with Gasteiger partial charge in [-0.05, 0) is 49.6 Å². The van der Waals surface area contributed by atoms with E-state index in [1.807, 2.05) is 18.2 Å². The molecule has 0 saturated carbocycles. The molecule has 0 fully saturated rings. The second-order valence-corrected chi connectivity index (χ2v) is 5.11. The quantitative estimate of drug-likeness (QED) is 0.821. The van der Waals surface area contributed by atoms with E-state index in [1.54, 1.807) is 7.05 Å². The van der Waals surface area contributed by atoms with E-state index >= 15 is 0 Å². The molecule has 2 N–H and O–H groups in total. The molecule has 118 valence electrons. The Labute approximate surface area is 138 Å². The van der Waals surface area contributed by atoms with Gasteiger partial charge in [-0.3, -0.25) is 4.79 Å². The molecule has 0 aliphatic rings. The Kier molecular flexibility index (Phi) is 8.26. The lowest BCUT2D eigenvalue weighted by atomic mass is 10.0. The SMILES string of the molecule is CNCC(=O)Nc1ccc(CCCc2ccccc2)cc1.Cl. The van der Waals surface area contributed by atoms with Crippen molar-refractivity contribution in [1.29, 1.82) is 0 Å². The maximum atomic E-state index is 11.5. The molecule has 1 amide bonds. The number of carbonyl (C=O) groups is 1. The Morgan fingerprint density at radius 2 is 1.50 bits per heavy atom. The van der Waals surface area contributed by atoms with Gasteiger partial charge in [0.25, 0.3) is 0 Å². The number of likely N-dealkylation sites (N-methyl/N-ethyl adjacent to an activating group) is 1. The summed E-state index contributed by atoms with van der Waals surface area (Å²) in [5.41, 5.74) is 3.54. The molecule has 0 heterocycles. The van der Waals surface area contributed by atoms with Crippen molar-refractivity contribution in [2.24, 2.45) is 0 Å². The highest BCUT2D eigenvalue weighted by Gasteiger charge is 2.00. The summed E-state index contributed by atoms with van der Waals surface area (Å²) in [4.78, 5) is 11.5. The van der Waals surface area contributed by atoms with E-state index in [1.165, 1.54) is 11.1 Å². The molecule has 2 aromatic carbocycles. The number of hydrogen-bond donors (Lipinski definition) is 2. The van der Waals surface area contributed by atoms with E-state index in [9.17, 15) is 4.79 Å². The molecule has 0 aliphatic carbocycles. The van der Waals surface area contributed by atoms with Crippen molar-refractivity contribution in [2.75, 3.05) is 18.9 Å². The summed E-state index contributed by atoms with van der Waals surface area (Å²) in [6.07, 6.45) is 3.29. The first-order chi connectivity index (χ1) is 10.3. The molecule has 3 nitrogen and oxygen atoms in total. The molecule has 0 unspecified atom stereocenters. The Bertz CT molecular complexity index is 555. The zero-order chi connectivity index (χ0) is 14.9. The third-order valence-electron chi connectivity index (χ3n) is 3.35. The summed E-state index contributed by atoms with van der Waals surface area (Å²) >= 11 is 0. The summed E-state index contributed by atoms with van der Waals surface area (Å²) in [5.74, 6) is -0.0191. The van der Waals surface area contributed by atoms with Gasteiger partial charge in [0, 0.05) is 5.69 Å². The molecular weight excluding hydrogens is 296 g/mol. The van der Waals surface area contributed by atoms with Crippen LogP contribution in [0.15, 0.2) is 54.6 Å². The van der Waals surface area contributed by atoms with E-state index in [-0.39, 0.29) is 18.3 Å². The van der Waals surface area contributed by atoms with Crippen molar-refractivity contribution >= 4 is 24.0 Å². The van der Waals surface area contributed by atoms with Gasteiger partial charge in [-0.25, -0.2) is 0 Å². The van der Waals surface area contributed by atoms with Gasteiger partial charge in [0.15, 0.2) is 0 Å². The van der Waals surface area contributed by atoms with Crippen molar-refractivity contribution in [3.63, 3.8) is 0 Å². The second-order valence-electron chi connectivity index (χ2n) is 5.11. The first kappa shape index (κ1) is 18.2. The van der Waals surface area contributed by atoms with Crippen LogP contribution in [0.4, 0.5) is 5.69 Å². The molecule has 22 heavy (non-hydrogen) atoms. The van der Waals surface area contributed by atoms with Gasteiger partial charge in [0.2, 0.25) is 5.91 Å². The Morgan fingerprint density at radius 3 is 2.09 bits per heavy atom. The van der Waals surface area contributed by atoms with Gasteiger partial charge < -0.3 is 10.6 Å². The minimum absolute atomic E-state index is 0. The number of carbonyl (C=O) groups excluding carboxylic acids is 1. The maximum absolute atomic E-state index is 11.5. The smallest absolute Gasteiger partial charge is 0.238 e. The normalized spacial score (nSPS) is 9.86. The number of hydrogen-bond acceptors (Lipinski definition) is 2. The van der Waals surface area contributed by atoms with Gasteiger partial charge >= 0.3 is 0 Å². The number of halogens is 1. The van der Waals surface area contributed by atoms with E-state index < -0.39 is 0 Å². The van der Waals surface area contributed by atoms with Crippen molar-refractivity contribution in [3.05, 3.63) is 65.7 Å². The molecule has 0 atom stereocenters. The van der Waals surface area contributed by atoms with E-state index in [0.717, 1.165) is 24.9 Å². The zero-order valence-electron chi connectivity index (χ0n) is 12.8. The molecule has 0 spiro atoms. The first-order valence-corrected chi connectivity index (χ1v) is 7.35. The highest BCUT2D eigenvalue weighted by atomic mass is 35.5. The van der Waals surface area contributed by atoms with Crippen LogP contribution in [0.1, 0.15) is 17.5 Å². The Hall–Kier alpha value is -1.84. The fourth-order valence-corrected chi connectivity index (χ4v) is 2.26. The van der Waals surface area contributed by atoms with Crippen LogP contribution in [0.3, 0.4) is 0 Å². The van der Waals surface area contributed by atoms with Crippen molar-refractivity contribution in [1.82, 2.24) is 5.32 Å². The number of benzene rings is 2. The monoisotopic (exact) mass is 318 g/mol. The van der Waals surface area contributed by atoms with E-state index in [0.29, 0.717) is 6.54 Å². The number of rotatable bonds is 7. The number of amides is 1. The standard InChI is InChI=1S/C18H22N2O.ClH/c1-19-14-18(21)20-17-12-10-16(11-13-17)9-5-8-15-6-3-2-4-7-15;/h2-4,6-7,10-13,19H,5,8-9,14H2,1H3,(H,20,21);1H. The average Bonchev–Trinajstić information content (AvgIpc) is 2.50. The van der Waals surface area contributed by atoms with Crippen LogP contribution in [-0.2, 0) is 17.6 Å². The van der Waals surface area contributed by atoms with Crippen LogP contribution in [0.5, 0.6) is 0 Å². The fourth-order valence-electron chi connectivity index (χ4n) is 2.26. The highest BCUT2D eigenvalue weighted by molar-refractivity contribution is 5.92. The number of aryl methyl sites for hydroxylation is 2. The zero-order valence-corrected chi connectivity index (χ0v) is 13.7. The van der Waals surface area contributed by atoms with E-state index in [4.69, 9.17) is 0 Å². The molecular formula is C18H23ClN2O. The summed E-state index contributed by atoms with van der Waals surface area (Å²) in [6, 6.07) is 18.6. The molecule has 2 rings (SSSR count). The van der Waals surface area contributed by atoms with Gasteiger partial charge in [-0.1, -0.05) is 42.5 Å². The summed E-state index contributed by atoms with van der Waals surface area (Å²) in [7, 11) is 1.76. The molecule has 0 aromatic heterocycles. The maximum Gasteiger partial charge on any atom is 0.238 e. The molecule has 2 aromatic rings. The lowest BCUT2D eigenvalue weighted by Gasteiger charge is -2.06. The first-order valence-electron chi connectivity index (χ1n) is 7.35. The lowest BCUT2D eigenvalue weighted by Crippen LogP contribution is -2.24. The van der Waals surface area contributed by atoms with Gasteiger partial charge in [-0.2, -0.15) is 0 Å². The van der Waals surface area contributed by atoms with Crippen molar-refractivity contribution in [2.45, 2.75) is 19.3 Å². The number of anilines is 1. The van der Waals surface area contributed by atoms with Gasteiger partial charge in [0.05, 0.1) is 6.54 Å². The minimum atomic E-state index is -0.0191. The van der Waals surface area contributed by atoms with Crippen LogP contribution in [-0.4, -0.2) is 19.5 Å². The third kappa shape index (κ3) is 6.29. The van der Waals surface area contributed by atoms with Gasteiger partial charge in [0.1, 0.15) is 0 Å². The molecule has 0 bridgehead atoms. The topological polar surface area (TPSA) is 41.1 Å². The second kappa shape index (κ2) is 9.98. The van der Waals surface area contributed by atoms with Crippen LogP contribution in [0.25, 0.3) is 0 Å². The summed E-state index contributed by atoms with van der Waals surface area (Å²) in [6.45, 7) is 0.332. The van der Waals surface area contributed by atoms with Crippen LogP contribution in [0, 0.1) is 0 Å².